The number of ether oxygens (including phenoxy) is 2. The highest BCUT2D eigenvalue weighted by molar-refractivity contribution is 7.18. The molecule has 0 saturated carbocycles. The van der Waals surface area contributed by atoms with Crippen LogP contribution in [0.5, 0.6) is 0 Å². The Morgan fingerprint density at radius 1 is 1.30 bits per heavy atom. The number of amides is 1. The number of aromatic nitrogens is 2. The zero-order valence-electron chi connectivity index (χ0n) is 15.0. The van der Waals surface area contributed by atoms with E-state index in [1.807, 2.05) is 22.9 Å². The Kier molecular flexibility index (Phi) is 7.11. The van der Waals surface area contributed by atoms with Gasteiger partial charge in [-0.1, -0.05) is 6.07 Å². The summed E-state index contributed by atoms with van der Waals surface area (Å²) in [5.41, 5.74) is 0.688. The van der Waals surface area contributed by atoms with Crippen molar-refractivity contribution in [1.82, 2.24) is 14.9 Å². The predicted octanol–water partition coefficient (Wildman–Crippen LogP) is 2.36. The van der Waals surface area contributed by atoms with Crippen LogP contribution < -0.4 is 10.9 Å². The SMILES string of the molecule is COCCOCCCNC(=O)Cn1cnc2scc(-c3cccs3)c2c1=O. The van der Waals surface area contributed by atoms with Crippen molar-refractivity contribution in [2.45, 2.75) is 13.0 Å². The van der Waals surface area contributed by atoms with E-state index < -0.39 is 0 Å². The molecular weight excluding hydrogens is 386 g/mol. The van der Waals surface area contributed by atoms with E-state index in [2.05, 4.69) is 10.3 Å². The largest absolute Gasteiger partial charge is 0.382 e. The minimum atomic E-state index is -0.219. The molecular formula is C18H21N3O4S2. The average molecular weight is 408 g/mol. The maximum atomic E-state index is 12.8. The van der Waals surface area contributed by atoms with Gasteiger partial charge < -0.3 is 14.8 Å². The molecule has 0 radical (unpaired) electrons. The van der Waals surface area contributed by atoms with E-state index in [4.69, 9.17) is 9.47 Å². The Morgan fingerprint density at radius 3 is 2.96 bits per heavy atom. The van der Waals surface area contributed by atoms with Crippen molar-refractivity contribution in [3.8, 4) is 10.4 Å². The molecule has 7 nitrogen and oxygen atoms in total. The first-order valence-electron chi connectivity index (χ1n) is 8.54. The lowest BCUT2D eigenvalue weighted by molar-refractivity contribution is -0.121. The minimum absolute atomic E-state index is 0.0496. The molecule has 144 valence electrons. The highest BCUT2D eigenvalue weighted by atomic mass is 32.1. The zero-order chi connectivity index (χ0) is 19.1. The van der Waals surface area contributed by atoms with E-state index >= 15 is 0 Å². The first-order chi connectivity index (χ1) is 13.2. The third-order valence-corrected chi connectivity index (χ3v) is 5.67. The molecule has 0 fully saturated rings. The molecule has 0 spiro atoms. The second-order valence-electron chi connectivity index (χ2n) is 5.79. The number of thiophene rings is 2. The van der Waals surface area contributed by atoms with Gasteiger partial charge in [0.05, 0.1) is 24.9 Å². The highest BCUT2D eigenvalue weighted by Gasteiger charge is 2.15. The summed E-state index contributed by atoms with van der Waals surface area (Å²) in [6.07, 6.45) is 2.14. The molecule has 1 N–H and O–H groups in total. The van der Waals surface area contributed by atoms with Crippen molar-refractivity contribution in [3.05, 3.63) is 39.6 Å². The second kappa shape index (κ2) is 9.75. The fourth-order valence-corrected chi connectivity index (χ4v) is 4.27. The number of carbonyl (C=O) groups is 1. The number of nitrogens with zero attached hydrogens (tertiary/aromatic N) is 2. The lowest BCUT2D eigenvalue weighted by Gasteiger charge is -2.08. The van der Waals surface area contributed by atoms with E-state index in [1.54, 1.807) is 18.4 Å². The number of rotatable bonds is 10. The van der Waals surface area contributed by atoms with Crippen LogP contribution in [0.3, 0.4) is 0 Å². The standard InChI is InChI=1S/C18H21N3O4S2/c1-24-7-8-25-6-3-5-19-15(22)10-21-12-20-17-16(18(21)23)13(11-27-17)14-4-2-9-26-14/h2,4,9,11-12H,3,5-8,10H2,1H3,(H,19,22). The summed E-state index contributed by atoms with van der Waals surface area (Å²) >= 11 is 3.01. The van der Waals surface area contributed by atoms with Crippen LogP contribution in [0, 0.1) is 0 Å². The summed E-state index contributed by atoms with van der Waals surface area (Å²) < 4.78 is 11.6. The Bertz CT molecular complexity index is 934. The van der Waals surface area contributed by atoms with Gasteiger partial charge in [0.15, 0.2) is 0 Å². The third kappa shape index (κ3) is 5.01. The van der Waals surface area contributed by atoms with Gasteiger partial charge in [0, 0.05) is 36.1 Å². The maximum absolute atomic E-state index is 12.8. The van der Waals surface area contributed by atoms with Crippen LogP contribution in [-0.4, -0.2) is 48.9 Å². The van der Waals surface area contributed by atoms with Gasteiger partial charge in [-0.05, 0) is 17.9 Å². The van der Waals surface area contributed by atoms with Gasteiger partial charge >= 0.3 is 0 Å². The molecule has 0 atom stereocenters. The molecule has 3 aromatic heterocycles. The summed E-state index contributed by atoms with van der Waals surface area (Å²) in [7, 11) is 1.62. The minimum Gasteiger partial charge on any atom is -0.382 e. The molecule has 0 aromatic carbocycles. The highest BCUT2D eigenvalue weighted by Crippen LogP contribution is 2.33. The summed E-state index contributed by atoms with van der Waals surface area (Å²) in [5, 5.41) is 7.29. The van der Waals surface area contributed by atoms with Crippen LogP contribution in [0.1, 0.15) is 6.42 Å². The molecule has 0 aliphatic heterocycles. The van der Waals surface area contributed by atoms with Crippen LogP contribution in [0.15, 0.2) is 34.0 Å². The topological polar surface area (TPSA) is 82.4 Å². The summed E-state index contributed by atoms with van der Waals surface area (Å²) in [5.74, 6) is -0.219. The smallest absolute Gasteiger partial charge is 0.263 e. The predicted molar refractivity (Wildman–Crippen MR) is 108 cm³/mol. The van der Waals surface area contributed by atoms with E-state index in [9.17, 15) is 9.59 Å². The van der Waals surface area contributed by atoms with Crippen molar-refractivity contribution < 1.29 is 14.3 Å². The Balaban J connectivity index is 1.60. The second-order valence-corrected chi connectivity index (χ2v) is 7.60. The molecule has 27 heavy (non-hydrogen) atoms. The zero-order valence-corrected chi connectivity index (χ0v) is 16.6. The molecule has 0 saturated heterocycles. The van der Waals surface area contributed by atoms with Gasteiger partial charge in [-0.2, -0.15) is 0 Å². The van der Waals surface area contributed by atoms with Gasteiger partial charge in [-0.15, -0.1) is 22.7 Å². The Hall–Kier alpha value is -2.07. The van der Waals surface area contributed by atoms with E-state index in [-0.39, 0.29) is 18.0 Å². The van der Waals surface area contributed by atoms with Crippen molar-refractivity contribution in [2.75, 3.05) is 33.5 Å². The molecule has 3 aromatic rings. The van der Waals surface area contributed by atoms with E-state index in [0.29, 0.717) is 43.0 Å². The number of hydrogen-bond acceptors (Lipinski definition) is 7. The number of methoxy groups -OCH3 is 1. The van der Waals surface area contributed by atoms with Crippen LogP contribution >= 0.6 is 22.7 Å². The third-order valence-electron chi connectivity index (χ3n) is 3.88. The molecule has 3 rings (SSSR count). The summed E-state index contributed by atoms with van der Waals surface area (Å²) in [4.78, 5) is 31.0. The summed E-state index contributed by atoms with van der Waals surface area (Å²) in [6.45, 7) is 2.09. The van der Waals surface area contributed by atoms with E-state index in [1.165, 1.54) is 22.2 Å². The molecule has 9 heteroatoms. The van der Waals surface area contributed by atoms with Gasteiger partial charge in [0.25, 0.3) is 5.56 Å². The fourth-order valence-electron chi connectivity index (χ4n) is 2.55. The van der Waals surface area contributed by atoms with Gasteiger partial charge in [-0.3, -0.25) is 14.2 Å². The Labute approximate surface area is 164 Å². The van der Waals surface area contributed by atoms with Crippen molar-refractivity contribution in [2.24, 2.45) is 0 Å². The molecule has 0 aliphatic carbocycles. The molecule has 3 heterocycles. The Morgan fingerprint density at radius 2 is 2.19 bits per heavy atom. The van der Waals surface area contributed by atoms with Crippen LogP contribution in [0.4, 0.5) is 0 Å². The molecule has 0 bridgehead atoms. The number of fused-ring (bicyclic) bond motifs is 1. The first-order valence-corrected chi connectivity index (χ1v) is 10.3. The number of nitrogens with one attached hydrogen (secondary N) is 1. The van der Waals surface area contributed by atoms with Crippen LogP contribution in [0.25, 0.3) is 20.7 Å². The van der Waals surface area contributed by atoms with Crippen molar-refractivity contribution in [3.63, 3.8) is 0 Å². The van der Waals surface area contributed by atoms with Gasteiger partial charge in [0.2, 0.25) is 5.91 Å². The van der Waals surface area contributed by atoms with Gasteiger partial charge in [-0.25, -0.2) is 4.98 Å². The quantitative estimate of drug-likeness (QED) is 0.522. The van der Waals surface area contributed by atoms with Crippen LogP contribution in [0.2, 0.25) is 0 Å². The normalized spacial score (nSPS) is 11.1. The summed E-state index contributed by atoms with van der Waals surface area (Å²) in [6, 6.07) is 3.93. The number of carbonyl (C=O) groups excluding carboxylic acids is 1. The molecule has 0 aliphatic rings. The van der Waals surface area contributed by atoms with E-state index in [0.717, 1.165) is 10.4 Å². The molecule has 0 unspecified atom stereocenters. The number of hydrogen-bond donors (Lipinski definition) is 1. The van der Waals surface area contributed by atoms with Crippen molar-refractivity contribution >= 4 is 38.8 Å². The lowest BCUT2D eigenvalue weighted by Crippen LogP contribution is -2.33. The van der Waals surface area contributed by atoms with Crippen molar-refractivity contribution in [1.29, 1.82) is 0 Å². The average Bonchev–Trinajstić information content (AvgIpc) is 3.32. The van der Waals surface area contributed by atoms with Crippen LogP contribution in [-0.2, 0) is 20.8 Å². The lowest BCUT2D eigenvalue weighted by atomic mass is 10.2. The maximum Gasteiger partial charge on any atom is 0.263 e. The molecule has 1 amide bonds. The van der Waals surface area contributed by atoms with Gasteiger partial charge in [0.1, 0.15) is 11.4 Å². The fraction of sp³-hybridized carbons (Fsp3) is 0.389. The monoisotopic (exact) mass is 407 g/mol. The first kappa shape index (κ1) is 19.7.